The van der Waals surface area contributed by atoms with Crippen LogP contribution in [0.25, 0.3) is 0 Å². The molecule has 0 radical (unpaired) electrons. The number of piperazine rings is 1. The standard InChI is InChI=1S/C17H22N2O4/c20-16(13-23-14-5-2-1-3-6-14)18-8-10-19(11-9-18)17(21)15-7-4-12-22-15/h1-3,5-6,15H,4,7-13H2. The maximum Gasteiger partial charge on any atom is 0.260 e. The van der Waals surface area contributed by atoms with Gasteiger partial charge in [0, 0.05) is 32.8 Å². The molecular formula is C17H22N2O4. The smallest absolute Gasteiger partial charge is 0.260 e. The van der Waals surface area contributed by atoms with Crippen molar-refractivity contribution in [2.75, 3.05) is 39.4 Å². The molecule has 6 heteroatoms. The number of benzene rings is 1. The number of hydrogen-bond donors (Lipinski definition) is 0. The van der Waals surface area contributed by atoms with Crippen molar-refractivity contribution >= 4 is 11.8 Å². The first-order valence-electron chi connectivity index (χ1n) is 8.10. The SMILES string of the molecule is O=C(COc1ccccc1)N1CCN(C(=O)C2CCCO2)CC1. The number of ether oxygens (including phenoxy) is 2. The fraction of sp³-hybridized carbons (Fsp3) is 0.529. The van der Waals surface area contributed by atoms with Crippen molar-refractivity contribution in [2.24, 2.45) is 0 Å². The molecule has 0 spiro atoms. The van der Waals surface area contributed by atoms with E-state index in [1.807, 2.05) is 30.3 Å². The number of rotatable bonds is 4. The molecule has 2 heterocycles. The van der Waals surface area contributed by atoms with Crippen LogP contribution in [0.1, 0.15) is 12.8 Å². The molecule has 1 aromatic carbocycles. The molecule has 3 rings (SSSR count). The topological polar surface area (TPSA) is 59.1 Å². The zero-order chi connectivity index (χ0) is 16.1. The molecule has 2 fully saturated rings. The zero-order valence-corrected chi connectivity index (χ0v) is 13.1. The van der Waals surface area contributed by atoms with Crippen molar-refractivity contribution in [2.45, 2.75) is 18.9 Å². The zero-order valence-electron chi connectivity index (χ0n) is 13.1. The lowest BCUT2D eigenvalue weighted by Crippen LogP contribution is -2.53. The molecule has 0 bridgehead atoms. The Balaban J connectivity index is 1.43. The minimum Gasteiger partial charge on any atom is -0.484 e. The van der Waals surface area contributed by atoms with Crippen molar-refractivity contribution in [3.05, 3.63) is 30.3 Å². The molecule has 2 aliphatic heterocycles. The lowest BCUT2D eigenvalue weighted by molar-refractivity contribution is -0.146. The molecule has 0 aromatic heterocycles. The van der Waals surface area contributed by atoms with Gasteiger partial charge in [-0.15, -0.1) is 0 Å². The minimum atomic E-state index is -0.279. The van der Waals surface area contributed by atoms with E-state index in [9.17, 15) is 9.59 Å². The van der Waals surface area contributed by atoms with Gasteiger partial charge in [-0.05, 0) is 25.0 Å². The summed E-state index contributed by atoms with van der Waals surface area (Å²) in [5.41, 5.74) is 0. The van der Waals surface area contributed by atoms with E-state index >= 15 is 0 Å². The van der Waals surface area contributed by atoms with E-state index in [0.29, 0.717) is 38.5 Å². The van der Waals surface area contributed by atoms with E-state index in [1.54, 1.807) is 9.80 Å². The first-order valence-corrected chi connectivity index (χ1v) is 8.10. The van der Waals surface area contributed by atoms with Crippen LogP contribution in [-0.2, 0) is 14.3 Å². The van der Waals surface area contributed by atoms with Gasteiger partial charge in [0.15, 0.2) is 6.61 Å². The van der Waals surface area contributed by atoms with Gasteiger partial charge in [-0.3, -0.25) is 9.59 Å². The van der Waals surface area contributed by atoms with Crippen LogP contribution >= 0.6 is 0 Å². The van der Waals surface area contributed by atoms with E-state index in [0.717, 1.165) is 12.8 Å². The summed E-state index contributed by atoms with van der Waals surface area (Å²) in [5, 5.41) is 0. The van der Waals surface area contributed by atoms with Gasteiger partial charge in [0.1, 0.15) is 11.9 Å². The van der Waals surface area contributed by atoms with E-state index in [4.69, 9.17) is 9.47 Å². The summed E-state index contributed by atoms with van der Waals surface area (Å²) in [6.45, 7) is 2.94. The summed E-state index contributed by atoms with van der Waals surface area (Å²) in [6.07, 6.45) is 1.48. The minimum absolute atomic E-state index is 0.0314. The molecule has 23 heavy (non-hydrogen) atoms. The van der Waals surface area contributed by atoms with Crippen LogP contribution in [0, 0.1) is 0 Å². The normalized spacial score (nSPS) is 21.3. The van der Waals surface area contributed by atoms with Crippen molar-refractivity contribution in [3.63, 3.8) is 0 Å². The van der Waals surface area contributed by atoms with Gasteiger partial charge in [0.05, 0.1) is 0 Å². The van der Waals surface area contributed by atoms with Crippen LogP contribution in [0.4, 0.5) is 0 Å². The molecule has 1 aromatic rings. The van der Waals surface area contributed by atoms with Crippen molar-refractivity contribution in [1.29, 1.82) is 0 Å². The van der Waals surface area contributed by atoms with Gasteiger partial charge in [-0.25, -0.2) is 0 Å². The highest BCUT2D eigenvalue weighted by molar-refractivity contribution is 5.82. The lowest BCUT2D eigenvalue weighted by Gasteiger charge is -2.35. The molecule has 0 aliphatic carbocycles. The Morgan fingerprint density at radius 2 is 1.78 bits per heavy atom. The Hall–Kier alpha value is -2.08. The first kappa shape index (κ1) is 15.8. The van der Waals surface area contributed by atoms with Gasteiger partial charge < -0.3 is 19.3 Å². The average molecular weight is 318 g/mol. The predicted octanol–water partition coefficient (Wildman–Crippen LogP) is 0.915. The van der Waals surface area contributed by atoms with Crippen LogP contribution in [0.3, 0.4) is 0 Å². The molecule has 1 unspecified atom stereocenters. The second-order valence-electron chi connectivity index (χ2n) is 5.81. The van der Waals surface area contributed by atoms with Crippen LogP contribution in [0.15, 0.2) is 30.3 Å². The molecule has 2 saturated heterocycles. The fourth-order valence-electron chi connectivity index (χ4n) is 2.91. The number of nitrogens with zero attached hydrogens (tertiary/aromatic N) is 2. The van der Waals surface area contributed by atoms with E-state index in [2.05, 4.69) is 0 Å². The van der Waals surface area contributed by atoms with Crippen molar-refractivity contribution < 1.29 is 19.1 Å². The van der Waals surface area contributed by atoms with Crippen molar-refractivity contribution in [1.82, 2.24) is 9.80 Å². The monoisotopic (exact) mass is 318 g/mol. The summed E-state index contributed by atoms with van der Waals surface area (Å²) in [7, 11) is 0. The van der Waals surface area contributed by atoms with Crippen LogP contribution < -0.4 is 4.74 Å². The average Bonchev–Trinajstić information content (AvgIpc) is 3.15. The number of carbonyl (C=O) groups excluding carboxylic acids is 2. The summed E-state index contributed by atoms with van der Waals surface area (Å²) in [6, 6.07) is 9.29. The number of carbonyl (C=O) groups is 2. The molecule has 6 nitrogen and oxygen atoms in total. The second kappa shape index (κ2) is 7.46. The third-order valence-electron chi connectivity index (χ3n) is 4.25. The molecular weight excluding hydrogens is 296 g/mol. The number of para-hydroxylation sites is 1. The van der Waals surface area contributed by atoms with Gasteiger partial charge in [-0.2, -0.15) is 0 Å². The van der Waals surface area contributed by atoms with Crippen molar-refractivity contribution in [3.8, 4) is 5.75 Å². The highest BCUT2D eigenvalue weighted by atomic mass is 16.5. The summed E-state index contributed by atoms with van der Waals surface area (Å²) < 4.78 is 10.9. The van der Waals surface area contributed by atoms with Gasteiger partial charge in [0.25, 0.3) is 11.8 Å². The van der Waals surface area contributed by atoms with E-state index in [1.165, 1.54) is 0 Å². The lowest BCUT2D eigenvalue weighted by atomic mass is 10.2. The second-order valence-corrected chi connectivity index (χ2v) is 5.81. The Labute approximate surface area is 136 Å². The van der Waals surface area contributed by atoms with Crippen LogP contribution in [0.2, 0.25) is 0 Å². The quantitative estimate of drug-likeness (QED) is 0.828. The van der Waals surface area contributed by atoms with Crippen LogP contribution in [-0.4, -0.2) is 67.1 Å². The number of amides is 2. The Morgan fingerprint density at radius 1 is 1.09 bits per heavy atom. The summed E-state index contributed by atoms with van der Waals surface area (Å²) in [4.78, 5) is 28.0. The summed E-state index contributed by atoms with van der Waals surface area (Å²) >= 11 is 0. The van der Waals surface area contributed by atoms with E-state index in [-0.39, 0.29) is 24.5 Å². The maximum atomic E-state index is 12.3. The molecule has 2 aliphatic rings. The predicted molar refractivity (Wildman–Crippen MR) is 84.1 cm³/mol. The Morgan fingerprint density at radius 3 is 2.43 bits per heavy atom. The Bertz CT molecular complexity index is 535. The third-order valence-corrected chi connectivity index (χ3v) is 4.25. The molecule has 2 amide bonds. The summed E-state index contributed by atoms with van der Waals surface area (Å²) in [5.74, 6) is 0.709. The van der Waals surface area contributed by atoms with Gasteiger partial charge in [-0.1, -0.05) is 18.2 Å². The molecule has 0 saturated carbocycles. The molecule has 124 valence electrons. The van der Waals surface area contributed by atoms with Gasteiger partial charge >= 0.3 is 0 Å². The Kier molecular flexibility index (Phi) is 5.12. The number of hydrogen-bond acceptors (Lipinski definition) is 4. The first-order chi connectivity index (χ1) is 11.2. The maximum absolute atomic E-state index is 12.3. The molecule has 0 N–H and O–H groups in total. The van der Waals surface area contributed by atoms with E-state index < -0.39 is 0 Å². The largest absolute Gasteiger partial charge is 0.484 e. The third kappa shape index (κ3) is 4.01. The highest BCUT2D eigenvalue weighted by Gasteiger charge is 2.31. The highest BCUT2D eigenvalue weighted by Crippen LogP contribution is 2.16. The van der Waals surface area contributed by atoms with Gasteiger partial charge in [0.2, 0.25) is 0 Å². The molecule has 1 atom stereocenters. The van der Waals surface area contributed by atoms with Crippen LogP contribution in [0.5, 0.6) is 5.75 Å². The fourth-order valence-corrected chi connectivity index (χ4v) is 2.91.